The number of hydrogen-bond acceptors (Lipinski definition) is 1. The van der Waals surface area contributed by atoms with Gasteiger partial charge in [-0.1, -0.05) is 13.3 Å². The summed E-state index contributed by atoms with van der Waals surface area (Å²) in [7, 11) is 0. The molecule has 2 rings (SSSR count). The van der Waals surface area contributed by atoms with Gasteiger partial charge >= 0.3 is 0 Å². The van der Waals surface area contributed by atoms with Gasteiger partial charge in [-0.2, -0.15) is 0 Å². The first kappa shape index (κ1) is 5.72. The Balaban J connectivity index is 2.03. The molecule has 3 unspecified atom stereocenters. The third kappa shape index (κ3) is 0.787. The average Bonchev–Trinajstić information content (AvgIpc) is 2.38. The summed E-state index contributed by atoms with van der Waals surface area (Å²) in [6, 6.07) is 0. The van der Waals surface area contributed by atoms with Gasteiger partial charge in [-0.15, -0.1) is 0 Å². The van der Waals surface area contributed by atoms with Gasteiger partial charge in [-0.3, -0.25) is 0 Å². The van der Waals surface area contributed by atoms with Crippen LogP contribution in [0.5, 0.6) is 0 Å². The number of aliphatic hydroxyl groups is 1. The predicted molar refractivity (Wildman–Crippen MR) is 36.1 cm³/mol. The highest BCUT2D eigenvalue weighted by Gasteiger charge is 2.54. The first-order valence-corrected chi connectivity index (χ1v) is 3.93. The maximum Gasteiger partial charge on any atom is 0.0683 e. The second-order valence-electron chi connectivity index (χ2n) is 3.89. The molecular formula is C8H14O. The Morgan fingerprint density at radius 2 is 2.11 bits per heavy atom. The van der Waals surface area contributed by atoms with Gasteiger partial charge in [0.15, 0.2) is 0 Å². The monoisotopic (exact) mass is 126 g/mol. The van der Waals surface area contributed by atoms with E-state index in [1.807, 2.05) is 0 Å². The SMILES string of the molecule is CC1CCC2CC2(O)C1. The van der Waals surface area contributed by atoms with Crippen molar-refractivity contribution in [1.82, 2.24) is 0 Å². The van der Waals surface area contributed by atoms with Crippen LogP contribution in [-0.2, 0) is 0 Å². The van der Waals surface area contributed by atoms with E-state index < -0.39 is 0 Å². The maximum atomic E-state index is 9.62. The summed E-state index contributed by atoms with van der Waals surface area (Å²) in [4.78, 5) is 0. The topological polar surface area (TPSA) is 20.2 Å². The first-order valence-electron chi connectivity index (χ1n) is 3.93. The molecule has 0 radical (unpaired) electrons. The zero-order valence-corrected chi connectivity index (χ0v) is 5.93. The van der Waals surface area contributed by atoms with Gasteiger partial charge < -0.3 is 5.11 Å². The van der Waals surface area contributed by atoms with Gasteiger partial charge in [0, 0.05) is 0 Å². The second kappa shape index (κ2) is 1.51. The van der Waals surface area contributed by atoms with Gasteiger partial charge in [0.2, 0.25) is 0 Å². The molecule has 1 nitrogen and oxygen atoms in total. The predicted octanol–water partition coefficient (Wildman–Crippen LogP) is 1.56. The molecule has 0 bridgehead atoms. The lowest BCUT2D eigenvalue weighted by Crippen LogP contribution is -2.20. The third-order valence-electron chi connectivity index (χ3n) is 2.91. The van der Waals surface area contributed by atoms with Crippen molar-refractivity contribution in [1.29, 1.82) is 0 Å². The molecule has 0 aliphatic heterocycles. The molecule has 0 spiro atoms. The van der Waals surface area contributed by atoms with E-state index >= 15 is 0 Å². The summed E-state index contributed by atoms with van der Waals surface area (Å²) < 4.78 is 0. The van der Waals surface area contributed by atoms with Crippen LogP contribution in [0.3, 0.4) is 0 Å². The van der Waals surface area contributed by atoms with Gasteiger partial charge in [0.1, 0.15) is 0 Å². The van der Waals surface area contributed by atoms with E-state index in [-0.39, 0.29) is 5.60 Å². The van der Waals surface area contributed by atoms with Crippen LogP contribution >= 0.6 is 0 Å². The number of rotatable bonds is 0. The number of hydrogen-bond donors (Lipinski definition) is 1. The van der Waals surface area contributed by atoms with Crippen molar-refractivity contribution in [2.45, 2.75) is 38.2 Å². The van der Waals surface area contributed by atoms with E-state index in [1.165, 1.54) is 12.8 Å². The molecule has 9 heavy (non-hydrogen) atoms. The van der Waals surface area contributed by atoms with E-state index in [0.717, 1.165) is 18.8 Å². The minimum atomic E-state index is -0.183. The maximum absolute atomic E-state index is 9.62. The fraction of sp³-hybridized carbons (Fsp3) is 1.00. The van der Waals surface area contributed by atoms with Crippen LogP contribution in [0, 0.1) is 11.8 Å². The molecule has 52 valence electrons. The van der Waals surface area contributed by atoms with Crippen molar-refractivity contribution in [2.24, 2.45) is 11.8 Å². The first-order chi connectivity index (χ1) is 4.21. The second-order valence-corrected chi connectivity index (χ2v) is 3.89. The Labute approximate surface area is 56.1 Å². The fourth-order valence-electron chi connectivity index (χ4n) is 2.18. The molecule has 2 saturated carbocycles. The molecule has 2 aliphatic rings. The van der Waals surface area contributed by atoms with Gasteiger partial charge in [-0.05, 0) is 31.1 Å². The molecule has 0 saturated heterocycles. The van der Waals surface area contributed by atoms with Crippen LogP contribution in [0.15, 0.2) is 0 Å². The molecule has 0 amide bonds. The molecule has 0 aromatic heterocycles. The van der Waals surface area contributed by atoms with Gasteiger partial charge in [0.25, 0.3) is 0 Å². The Morgan fingerprint density at radius 1 is 1.33 bits per heavy atom. The molecule has 0 aromatic rings. The van der Waals surface area contributed by atoms with Crippen LogP contribution in [0.4, 0.5) is 0 Å². The summed E-state index contributed by atoms with van der Waals surface area (Å²) in [5, 5.41) is 9.62. The smallest absolute Gasteiger partial charge is 0.0683 e. The molecule has 2 aliphatic carbocycles. The van der Waals surface area contributed by atoms with E-state index in [0.29, 0.717) is 5.92 Å². The standard InChI is InChI=1S/C8H14O/c1-6-2-3-7-5-8(7,9)4-6/h6-7,9H,2-5H2,1H3. The van der Waals surface area contributed by atoms with E-state index in [2.05, 4.69) is 6.92 Å². The molecule has 3 atom stereocenters. The summed E-state index contributed by atoms with van der Waals surface area (Å²) in [6.45, 7) is 2.24. The summed E-state index contributed by atoms with van der Waals surface area (Å²) in [6.07, 6.45) is 4.78. The van der Waals surface area contributed by atoms with E-state index in [9.17, 15) is 5.11 Å². The summed E-state index contributed by atoms with van der Waals surface area (Å²) in [5.41, 5.74) is -0.183. The molecule has 0 aromatic carbocycles. The zero-order chi connectivity index (χ0) is 6.48. The quantitative estimate of drug-likeness (QED) is 0.522. The Kier molecular flexibility index (Phi) is 0.963. The highest BCUT2D eigenvalue weighted by Crippen LogP contribution is 2.54. The number of fused-ring (bicyclic) bond motifs is 1. The molecular weight excluding hydrogens is 112 g/mol. The minimum Gasteiger partial charge on any atom is -0.390 e. The molecule has 1 heteroatoms. The highest BCUT2D eigenvalue weighted by atomic mass is 16.3. The molecule has 1 N–H and O–H groups in total. The van der Waals surface area contributed by atoms with Crippen LogP contribution in [0.2, 0.25) is 0 Å². The molecule has 0 heterocycles. The lowest BCUT2D eigenvalue weighted by atomic mass is 9.89. The average molecular weight is 126 g/mol. The summed E-state index contributed by atoms with van der Waals surface area (Å²) in [5.74, 6) is 1.46. The Hall–Kier alpha value is -0.0400. The van der Waals surface area contributed by atoms with E-state index in [1.54, 1.807) is 0 Å². The van der Waals surface area contributed by atoms with Crippen LogP contribution in [0.25, 0.3) is 0 Å². The lowest BCUT2D eigenvalue weighted by Gasteiger charge is -2.21. The van der Waals surface area contributed by atoms with Crippen LogP contribution < -0.4 is 0 Å². The van der Waals surface area contributed by atoms with Crippen molar-refractivity contribution < 1.29 is 5.11 Å². The van der Waals surface area contributed by atoms with Crippen molar-refractivity contribution in [3.05, 3.63) is 0 Å². The minimum absolute atomic E-state index is 0.183. The normalized spacial score (nSPS) is 56.7. The zero-order valence-electron chi connectivity index (χ0n) is 5.93. The van der Waals surface area contributed by atoms with Crippen molar-refractivity contribution in [2.75, 3.05) is 0 Å². The van der Waals surface area contributed by atoms with Crippen LogP contribution in [-0.4, -0.2) is 10.7 Å². The van der Waals surface area contributed by atoms with Gasteiger partial charge in [0.05, 0.1) is 5.60 Å². The third-order valence-corrected chi connectivity index (χ3v) is 2.91. The Bertz CT molecular complexity index is 133. The lowest BCUT2D eigenvalue weighted by molar-refractivity contribution is 0.0802. The van der Waals surface area contributed by atoms with Crippen molar-refractivity contribution in [3.8, 4) is 0 Å². The van der Waals surface area contributed by atoms with E-state index in [4.69, 9.17) is 0 Å². The molecule has 2 fully saturated rings. The van der Waals surface area contributed by atoms with Crippen LogP contribution in [0.1, 0.15) is 32.6 Å². The summed E-state index contributed by atoms with van der Waals surface area (Å²) >= 11 is 0. The van der Waals surface area contributed by atoms with Crippen molar-refractivity contribution in [3.63, 3.8) is 0 Å². The Morgan fingerprint density at radius 3 is 2.67 bits per heavy atom. The highest BCUT2D eigenvalue weighted by molar-refractivity contribution is 5.06. The largest absolute Gasteiger partial charge is 0.390 e. The van der Waals surface area contributed by atoms with Crippen molar-refractivity contribution >= 4 is 0 Å². The fourth-order valence-corrected chi connectivity index (χ4v) is 2.18. The van der Waals surface area contributed by atoms with Gasteiger partial charge in [-0.25, -0.2) is 0 Å².